The Morgan fingerprint density at radius 3 is 1.86 bits per heavy atom. The summed E-state index contributed by atoms with van der Waals surface area (Å²) >= 11 is 0. The zero-order valence-corrected chi connectivity index (χ0v) is 6.38. The molecule has 0 unspecified atom stereocenters. The Bertz CT molecular complexity index is 61.2. The smallest absolute Gasteiger partial charge is 0.332 e. The van der Waals surface area contributed by atoms with E-state index in [1.54, 1.807) is 0 Å². The van der Waals surface area contributed by atoms with Crippen molar-refractivity contribution in [2.24, 2.45) is 0 Å². The van der Waals surface area contributed by atoms with Crippen LogP contribution in [-0.2, 0) is 4.79 Å². The van der Waals surface area contributed by atoms with Crippen LogP contribution < -0.4 is 0 Å². The molecule has 0 saturated heterocycles. The third-order valence-electron chi connectivity index (χ3n) is 0.357. The van der Waals surface area contributed by atoms with Gasteiger partial charge in [0.15, 0.2) is 0 Å². The van der Waals surface area contributed by atoms with E-state index in [0.29, 0.717) is 0 Å². The summed E-state index contributed by atoms with van der Waals surface area (Å²) in [6.07, 6.45) is -1.23. The van der Waals surface area contributed by atoms with Crippen molar-refractivity contribution in [3.05, 3.63) is 0 Å². The summed E-state index contributed by atoms with van der Waals surface area (Å²) in [4.78, 5) is 9.45. The van der Waals surface area contributed by atoms with Crippen molar-refractivity contribution in [2.75, 3.05) is 0 Å². The average molecular weight is 114 g/mol. The van der Waals surface area contributed by atoms with E-state index in [9.17, 15) is 4.79 Å². The summed E-state index contributed by atoms with van der Waals surface area (Å²) in [6.45, 7) is 1.20. The van der Waals surface area contributed by atoms with Gasteiger partial charge in [0, 0.05) is 29.6 Å². The van der Waals surface area contributed by atoms with Crippen molar-refractivity contribution in [3.8, 4) is 0 Å². The summed E-state index contributed by atoms with van der Waals surface area (Å²) in [6, 6.07) is 0. The first-order valence-electron chi connectivity index (χ1n) is 1.55. The largest absolute Gasteiger partial charge is 0.479 e. The molecule has 0 aromatic heterocycles. The molecule has 4 heteroatoms. The standard InChI is InChI=1S/C3H6O3.Na/c1-2(4)3(5)6;/h2,4H,1H3,(H,5,6);/t2-;/m0./s1/i3+1;. The van der Waals surface area contributed by atoms with Crippen molar-refractivity contribution < 1.29 is 15.0 Å². The van der Waals surface area contributed by atoms with Gasteiger partial charge in [0.2, 0.25) is 0 Å². The molecular weight excluding hydrogens is 108 g/mol. The van der Waals surface area contributed by atoms with Crippen molar-refractivity contribution >= 4 is 35.5 Å². The Morgan fingerprint density at radius 2 is 1.86 bits per heavy atom. The second kappa shape index (κ2) is 4.59. The Hall–Kier alpha value is 0.430. The van der Waals surface area contributed by atoms with Gasteiger partial charge in [0.05, 0.1) is 0 Å². The average Bonchev–Trinajstić information content (AvgIpc) is 1.36. The van der Waals surface area contributed by atoms with Crippen LogP contribution in [0.15, 0.2) is 0 Å². The number of carboxylic acids is 1. The van der Waals surface area contributed by atoms with Gasteiger partial charge < -0.3 is 10.2 Å². The summed E-state index contributed by atoms with van der Waals surface area (Å²) < 4.78 is 0. The van der Waals surface area contributed by atoms with Crippen LogP contribution in [0.5, 0.6) is 0 Å². The van der Waals surface area contributed by atoms with Gasteiger partial charge >= 0.3 is 5.97 Å². The third-order valence-corrected chi connectivity index (χ3v) is 0.357. The van der Waals surface area contributed by atoms with Crippen LogP contribution in [0.1, 0.15) is 6.92 Å². The first-order valence-corrected chi connectivity index (χ1v) is 1.55. The van der Waals surface area contributed by atoms with Crippen LogP contribution in [0, 0.1) is 0 Å². The van der Waals surface area contributed by atoms with Crippen LogP contribution in [-0.4, -0.2) is 51.8 Å². The molecule has 2 N–H and O–H groups in total. The Labute approximate surface area is 63.6 Å². The fraction of sp³-hybridized carbons (Fsp3) is 0.667. The Kier molecular flexibility index (Phi) is 6.82. The number of rotatable bonds is 1. The van der Waals surface area contributed by atoms with Gasteiger partial charge in [0.1, 0.15) is 6.10 Å². The van der Waals surface area contributed by atoms with E-state index in [4.69, 9.17) is 10.2 Å². The first-order chi connectivity index (χ1) is 2.64. The predicted octanol–water partition coefficient (Wildman–Crippen LogP) is -0.929. The molecule has 37 valence electrons. The minimum atomic E-state index is -1.23. The molecule has 0 aromatic rings. The zero-order chi connectivity index (χ0) is 5.15. The second-order valence-electron chi connectivity index (χ2n) is 1.01. The van der Waals surface area contributed by atoms with Gasteiger partial charge in [-0.3, -0.25) is 0 Å². The number of carboxylic acid groups (broad SMARTS) is 1. The molecule has 0 rings (SSSR count). The van der Waals surface area contributed by atoms with Gasteiger partial charge in [-0.25, -0.2) is 4.79 Å². The Morgan fingerprint density at radius 1 is 1.71 bits per heavy atom. The number of hydrogen-bond donors (Lipinski definition) is 2. The van der Waals surface area contributed by atoms with Crippen LogP contribution >= 0.6 is 0 Å². The van der Waals surface area contributed by atoms with Crippen LogP contribution in [0.3, 0.4) is 0 Å². The minimum Gasteiger partial charge on any atom is -0.479 e. The quantitative estimate of drug-likeness (QED) is 0.342. The molecule has 7 heavy (non-hydrogen) atoms. The van der Waals surface area contributed by atoms with E-state index >= 15 is 0 Å². The van der Waals surface area contributed by atoms with E-state index in [1.165, 1.54) is 6.92 Å². The van der Waals surface area contributed by atoms with Gasteiger partial charge in [-0.1, -0.05) is 0 Å². The summed E-state index contributed by atoms with van der Waals surface area (Å²) in [7, 11) is 0. The molecule has 0 aliphatic heterocycles. The first kappa shape index (κ1) is 10.4. The van der Waals surface area contributed by atoms with Crippen molar-refractivity contribution in [2.45, 2.75) is 13.0 Å². The number of hydrogen-bond acceptors (Lipinski definition) is 2. The van der Waals surface area contributed by atoms with E-state index < -0.39 is 12.1 Å². The van der Waals surface area contributed by atoms with E-state index in [0.717, 1.165) is 0 Å². The van der Waals surface area contributed by atoms with Crippen LogP contribution in [0.2, 0.25) is 0 Å². The van der Waals surface area contributed by atoms with Crippen LogP contribution in [0.4, 0.5) is 0 Å². The van der Waals surface area contributed by atoms with Gasteiger partial charge in [-0.15, -0.1) is 0 Å². The SMILES string of the molecule is C[C@H](O)[13C](=O)O.[Na]. The van der Waals surface area contributed by atoms with E-state index in [1.807, 2.05) is 0 Å². The Balaban J connectivity index is 0. The summed E-state index contributed by atoms with van der Waals surface area (Å²) in [5.74, 6) is -1.19. The predicted molar refractivity (Wildman–Crippen MR) is 25.1 cm³/mol. The summed E-state index contributed by atoms with van der Waals surface area (Å²) in [5, 5.41) is 15.8. The maximum atomic E-state index is 9.45. The third kappa shape index (κ3) is 6.43. The molecule has 1 atom stereocenters. The fourth-order valence-corrected chi connectivity index (χ4v) is 0. The molecule has 0 saturated carbocycles. The van der Waals surface area contributed by atoms with E-state index in [2.05, 4.69) is 0 Å². The number of carbonyl (C=O) groups is 1. The molecule has 3 nitrogen and oxygen atoms in total. The molecule has 1 radical (unpaired) electrons. The molecule has 0 amide bonds. The molecule has 0 bridgehead atoms. The van der Waals surface area contributed by atoms with Crippen molar-refractivity contribution in [1.29, 1.82) is 0 Å². The molecule has 0 spiro atoms. The summed E-state index contributed by atoms with van der Waals surface area (Å²) in [5.41, 5.74) is 0. The second-order valence-corrected chi connectivity index (χ2v) is 1.01. The van der Waals surface area contributed by atoms with Gasteiger partial charge in [0.25, 0.3) is 0 Å². The number of aliphatic hydroxyl groups is 1. The molecule has 0 fully saturated rings. The normalized spacial score (nSPS) is 11.7. The maximum Gasteiger partial charge on any atom is 0.332 e. The molecule has 0 aliphatic carbocycles. The minimum absolute atomic E-state index is 0. The molecule has 0 heterocycles. The van der Waals surface area contributed by atoms with Gasteiger partial charge in [-0.2, -0.15) is 0 Å². The van der Waals surface area contributed by atoms with Crippen molar-refractivity contribution in [1.82, 2.24) is 0 Å². The number of aliphatic carboxylic acids is 1. The maximum absolute atomic E-state index is 9.45. The molecule has 0 aromatic carbocycles. The topological polar surface area (TPSA) is 57.5 Å². The van der Waals surface area contributed by atoms with E-state index in [-0.39, 0.29) is 29.6 Å². The fourth-order valence-electron chi connectivity index (χ4n) is 0. The molecule has 0 aliphatic rings. The number of aliphatic hydroxyl groups excluding tert-OH is 1. The van der Waals surface area contributed by atoms with Crippen LogP contribution in [0.25, 0.3) is 0 Å². The molecular formula is C3H6NaO3. The zero-order valence-electron chi connectivity index (χ0n) is 4.38. The van der Waals surface area contributed by atoms with Crippen molar-refractivity contribution in [3.63, 3.8) is 0 Å². The monoisotopic (exact) mass is 114 g/mol. The van der Waals surface area contributed by atoms with Gasteiger partial charge in [-0.05, 0) is 6.92 Å².